The van der Waals surface area contributed by atoms with E-state index in [2.05, 4.69) is 40.5 Å². The molecule has 3 aromatic carbocycles. The number of aromatic nitrogens is 1. The molecule has 0 radical (unpaired) electrons. The number of carbonyl (C=O) groups is 1. The molecule has 0 aliphatic carbocycles. The van der Waals surface area contributed by atoms with Crippen molar-refractivity contribution < 1.29 is 13.7 Å². The number of carbonyl (C=O) groups excluding carboxylic acids is 1. The molecule has 5 rings (SSSR count). The first kappa shape index (κ1) is 23.5. The Morgan fingerprint density at radius 1 is 1.00 bits per heavy atom. The SMILES string of the molecule is COc1cc(CC(=O)N2CCN(c3nsc4ccccc34)CC2)ccc1OSc1ccc(C)cc1. The van der Waals surface area contributed by atoms with Crippen molar-refractivity contribution in [3.63, 3.8) is 0 Å². The van der Waals surface area contributed by atoms with Crippen molar-refractivity contribution in [2.75, 3.05) is 38.2 Å². The van der Waals surface area contributed by atoms with Gasteiger partial charge in [-0.15, -0.1) is 0 Å². The maximum atomic E-state index is 13.0. The summed E-state index contributed by atoms with van der Waals surface area (Å²) in [6, 6.07) is 22.1. The van der Waals surface area contributed by atoms with Crippen LogP contribution in [0.15, 0.2) is 71.6 Å². The van der Waals surface area contributed by atoms with Crippen LogP contribution in [0.4, 0.5) is 5.82 Å². The molecule has 2 heterocycles. The molecule has 1 aliphatic rings. The van der Waals surface area contributed by atoms with Gasteiger partial charge in [-0.25, -0.2) is 0 Å². The summed E-state index contributed by atoms with van der Waals surface area (Å²) < 4.78 is 17.3. The minimum absolute atomic E-state index is 0.123. The number of amides is 1. The Bertz CT molecular complexity index is 1320. The Balaban J connectivity index is 1.18. The summed E-state index contributed by atoms with van der Waals surface area (Å²) >= 11 is 2.82. The Kier molecular flexibility index (Phi) is 7.11. The molecule has 0 N–H and O–H groups in total. The van der Waals surface area contributed by atoms with Gasteiger partial charge in [-0.3, -0.25) is 4.79 Å². The molecule has 6 nitrogen and oxygen atoms in total. The van der Waals surface area contributed by atoms with Crippen LogP contribution in [-0.4, -0.2) is 48.5 Å². The number of ether oxygens (including phenoxy) is 1. The van der Waals surface area contributed by atoms with E-state index in [0.29, 0.717) is 31.0 Å². The van der Waals surface area contributed by atoms with Crippen molar-refractivity contribution in [3.05, 3.63) is 77.9 Å². The Labute approximate surface area is 213 Å². The summed E-state index contributed by atoms with van der Waals surface area (Å²) in [6.45, 7) is 5.00. The highest BCUT2D eigenvalue weighted by atomic mass is 32.2. The highest BCUT2D eigenvalue weighted by Crippen LogP contribution is 2.34. The average Bonchev–Trinajstić information content (AvgIpc) is 3.33. The van der Waals surface area contributed by atoms with Gasteiger partial charge in [0, 0.05) is 36.5 Å². The smallest absolute Gasteiger partial charge is 0.227 e. The second-order valence-electron chi connectivity index (χ2n) is 8.51. The number of fused-ring (bicyclic) bond motifs is 1. The zero-order chi connectivity index (χ0) is 24.2. The number of benzene rings is 3. The van der Waals surface area contributed by atoms with Gasteiger partial charge in [0.1, 0.15) is 5.82 Å². The van der Waals surface area contributed by atoms with E-state index in [1.165, 1.54) is 39.2 Å². The molecule has 1 aliphatic heterocycles. The van der Waals surface area contributed by atoms with Crippen LogP contribution >= 0.6 is 23.6 Å². The summed E-state index contributed by atoms with van der Waals surface area (Å²) in [6.07, 6.45) is 0.335. The molecule has 0 atom stereocenters. The normalized spacial score (nSPS) is 13.8. The quantitative estimate of drug-likeness (QED) is 0.305. The highest BCUT2D eigenvalue weighted by molar-refractivity contribution is 7.95. The largest absolute Gasteiger partial charge is 0.493 e. The third-order valence-electron chi connectivity index (χ3n) is 6.12. The Morgan fingerprint density at radius 3 is 2.54 bits per heavy atom. The van der Waals surface area contributed by atoms with Crippen molar-refractivity contribution in [3.8, 4) is 11.5 Å². The Morgan fingerprint density at radius 2 is 1.77 bits per heavy atom. The summed E-state index contributed by atoms with van der Waals surface area (Å²) in [7, 11) is 1.62. The number of piperazine rings is 1. The van der Waals surface area contributed by atoms with E-state index in [0.717, 1.165) is 29.4 Å². The first-order valence-corrected chi connectivity index (χ1v) is 13.1. The number of rotatable bonds is 7. The fourth-order valence-electron chi connectivity index (χ4n) is 4.13. The van der Waals surface area contributed by atoms with E-state index in [1.54, 1.807) is 7.11 Å². The molecule has 1 aromatic heterocycles. The molecule has 0 saturated carbocycles. The lowest BCUT2D eigenvalue weighted by Crippen LogP contribution is -2.49. The van der Waals surface area contributed by atoms with Gasteiger partial charge in [0.25, 0.3) is 0 Å². The number of hydrogen-bond donors (Lipinski definition) is 0. The lowest BCUT2D eigenvalue weighted by atomic mass is 10.1. The van der Waals surface area contributed by atoms with Gasteiger partial charge < -0.3 is 18.7 Å². The van der Waals surface area contributed by atoms with Gasteiger partial charge in [-0.05, 0) is 60.4 Å². The van der Waals surface area contributed by atoms with Gasteiger partial charge in [-0.2, -0.15) is 4.37 Å². The predicted octanol–water partition coefficient (Wildman–Crippen LogP) is 5.59. The molecule has 4 aromatic rings. The predicted molar refractivity (Wildman–Crippen MR) is 143 cm³/mol. The molecule has 35 heavy (non-hydrogen) atoms. The Hall–Kier alpha value is -3.23. The second kappa shape index (κ2) is 10.6. The fraction of sp³-hybridized carbons (Fsp3) is 0.259. The van der Waals surface area contributed by atoms with Crippen LogP contribution in [-0.2, 0) is 11.2 Å². The summed E-state index contributed by atoms with van der Waals surface area (Å²) in [5.74, 6) is 2.41. The van der Waals surface area contributed by atoms with Crippen molar-refractivity contribution in [2.45, 2.75) is 18.2 Å². The number of nitrogens with zero attached hydrogens (tertiary/aromatic N) is 3. The average molecular weight is 506 g/mol. The van der Waals surface area contributed by atoms with Gasteiger partial charge in [0.05, 0.1) is 30.3 Å². The van der Waals surface area contributed by atoms with Crippen LogP contribution in [0.5, 0.6) is 11.5 Å². The lowest BCUT2D eigenvalue weighted by Gasteiger charge is -2.35. The summed E-state index contributed by atoms with van der Waals surface area (Å²) in [5.41, 5.74) is 2.12. The molecular weight excluding hydrogens is 478 g/mol. The van der Waals surface area contributed by atoms with Crippen LogP contribution in [0.1, 0.15) is 11.1 Å². The van der Waals surface area contributed by atoms with Crippen molar-refractivity contribution in [1.29, 1.82) is 0 Å². The third-order valence-corrected chi connectivity index (χ3v) is 7.67. The van der Waals surface area contributed by atoms with Crippen LogP contribution in [0.2, 0.25) is 0 Å². The van der Waals surface area contributed by atoms with E-state index >= 15 is 0 Å². The summed E-state index contributed by atoms with van der Waals surface area (Å²) in [4.78, 5) is 18.2. The fourth-order valence-corrected chi connectivity index (χ4v) is 5.50. The van der Waals surface area contributed by atoms with Gasteiger partial charge >= 0.3 is 0 Å². The first-order valence-electron chi connectivity index (χ1n) is 11.6. The maximum Gasteiger partial charge on any atom is 0.227 e. The van der Waals surface area contributed by atoms with Gasteiger partial charge in [-0.1, -0.05) is 35.9 Å². The standard InChI is InChI=1S/C27H27N3O3S2/c1-19-7-10-21(11-8-19)35-33-23-12-9-20(17-24(23)32-2)18-26(31)29-13-15-30(16-14-29)27-22-5-3-4-6-25(22)34-28-27/h3-12,17H,13-16,18H2,1-2H3. The van der Waals surface area contributed by atoms with E-state index in [-0.39, 0.29) is 5.91 Å². The van der Waals surface area contributed by atoms with Crippen molar-refractivity contribution in [1.82, 2.24) is 9.27 Å². The number of aryl methyl sites for hydroxylation is 1. The topological polar surface area (TPSA) is 54.9 Å². The van der Waals surface area contributed by atoms with Crippen LogP contribution in [0, 0.1) is 6.92 Å². The molecular formula is C27H27N3O3S2. The van der Waals surface area contributed by atoms with E-state index in [4.69, 9.17) is 8.92 Å². The van der Waals surface area contributed by atoms with E-state index in [9.17, 15) is 4.79 Å². The van der Waals surface area contributed by atoms with Gasteiger partial charge in [0.15, 0.2) is 11.5 Å². The third kappa shape index (κ3) is 5.39. The first-order chi connectivity index (χ1) is 17.1. The zero-order valence-electron chi connectivity index (χ0n) is 19.8. The number of methoxy groups -OCH3 is 1. The monoisotopic (exact) mass is 505 g/mol. The number of anilines is 1. The molecule has 0 bridgehead atoms. The van der Waals surface area contributed by atoms with Crippen LogP contribution < -0.4 is 13.8 Å². The van der Waals surface area contributed by atoms with Crippen LogP contribution in [0.25, 0.3) is 10.1 Å². The molecule has 0 unspecified atom stereocenters. The van der Waals surface area contributed by atoms with Crippen molar-refractivity contribution in [2.24, 2.45) is 0 Å². The maximum absolute atomic E-state index is 13.0. The molecule has 1 amide bonds. The van der Waals surface area contributed by atoms with Crippen LogP contribution in [0.3, 0.4) is 0 Å². The molecule has 1 saturated heterocycles. The van der Waals surface area contributed by atoms with E-state index < -0.39 is 0 Å². The molecule has 180 valence electrons. The second-order valence-corrected chi connectivity index (χ2v) is 10.1. The molecule has 8 heteroatoms. The number of hydrogen-bond acceptors (Lipinski definition) is 7. The minimum atomic E-state index is 0.123. The van der Waals surface area contributed by atoms with Crippen molar-refractivity contribution >= 4 is 45.4 Å². The molecule has 0 spiro atoms. The lowest BCUT2D eigenvalue weighted by molar-refractivity contribution is -0.130. The highest BCUT2D eigenvalue weighted by Gasteiger charge is 2.24. The summed E-state index contributed by atoms with van der Waals surface area (Å²) in [5, 5.41) is 1.19. The van der Waals surface area contributed by atoms with E-state index in [1.807, 2.05) is 47.4 Å². The zero-order valence-corrected chi connectivity index (χ0v) is 21.4. The molecule has 1 fully saturated rings. The minimum Gasteiger partial charge on any atom is -0.493 e. The van der Waals surface area contributed by atoms with Gasteiger partial charge in [0.2, 0.25) is 5.91 Å².